The van der Waals surface area contributed by atoms with Crippen LogP contribution >= 0.6 is 11.6 Å². The van der Waals surface area contributed by atoms with Crippen LogP contribution in [0.25, 0.3) is 0 Å². The van der Waals surface area contributed by atoms with Gasteiger partial charge in [0.15, 0.2) is 0 Å². The first kappa shape index (κ1) is 13.4. The number of anilines is 1. The van der Waals surface area contributed by atoms with Crippen molar-refractivity contribution in [3.63, 3.8) is 0 Å². The number of benzene rings is 1. The van der Waals surface area contributed by atoms with Crippen molar-refractivity contribution >= 4 is 23.2 Å². The number of halogens is 1. The molecular weight excluding hydrogens is 248 g/mol. The van der Waals surface area contributed by atoms with E-state index < -0.39 is 0 Å². The smallest absolute Gasteiger partial charge is 0.231 e. The summed E-state index contributed by atoms with van der Waals surface area (Å²) in [5, 5.41) is 3.40. The molecule has 1 aliphatic heterocycles. The molecule has 1 amide bonds. The monoisotopic (exact) mass is 266 g/mol. The Balaban J connectivity index is 2.43. The van der Waals surface area contributed by atoms with Crippen LogP contribution in [0.15, 0.2) is 12.1 Å². The van der Waals surface area contributed by atoms with Gasteiger partial charge < -0.3 is 11.1 Å². The first-order valence-electron chi connectivity index (χ1n) is 6.35. The minimum absolute atomic E-state index is 0.00108. The third-order valence-corrected chi connectivity index (χ3v) is 4.19. The van der Waals surface area contributed by atoms with E-state index in [1.54, 1.807) is 0 Å². The summed E-state index contributed by atoms with van der Waals surface area (Å²) in [6, 6.07) is 3.84. The molecule has 3 N–H and O–H groups in total. The van der Waals surface area contributed by atoms with E-state index in [0.29, 0.717) is 10.9 Å². The molecule has 2 rings (SSSR count). The predicted molar refractivity (Wildman–Crippen MR) is 74.9 cm³/mol. The second-order valence-corrected chi connectivity index (χ2v) is 5.50. The van der Waals surface area contributed by atoms with Crippen LogP contribution in [0.1, 0.15) is 50.3 Å². The van der Waals surface area contributed by atoms with Crippen LogP contribution in [0.2, 0.25) is 5.02 Å². The van der Waals surface area contributed by atoms with Crippen LogP contribution in [-0.4, -0.2) is 5.91 Å². The number of hydrogen-bond acceptors (Lipinski definition) is 2. The molecule has 18 heavy (non-hydrogen) atoms. The highest BCUT2D eigenvalue weighted by molar-refractivity contribution is 6.34. The summed E-state index contributed by atoms with van der Waals surface area (Å²) >= 11 is 6.23. The van der Waals surface area contributed by atoms with Crippen molar-refractivity contribution in [2.24, 2.45) is 11.7 Å². The number of rotatable bonds is 3. The normalized spacial score (nSPS) is 21.4. The van der Waals surface area contributed by atoms with Gasteiger partial charge in [0.2, 0.25) is 5.91 Å². The zero-order chi connectivity index (χ0) is 13.4. The van der Waals surface area contributed by atoms with Crippen LogP contribution in [0.4, 0.5) is 5.69 Å². The van der Waals surface area contributed by atoms with Crippen molar-refractivity contribution in [2.75, 3.05) is 5.32 Å². The SMILES string of the molecule is CCC(C)C(N)c1cc(Cl)c2c(c1)C(C)C(=O)N2. The third-order valence-electron chi connectivity index (χ3n) is 3.89. The van der Waals surface area contributed by atoms with E-state index in [0.717, 1.165) is 23.2 Å². The van der Waals surface area contributed by atoms with Crippen molar-refractivity contribution in [1.82, 2.24) is 0 Å². The van der Waals surface area contributed by atoms with Crippen molar-refractivity contribution in [2.45, 2.75) is 39.2 Å². The second-order valence-electron chi connectivity index (χ2n) is 5.09. The molecule has 0 spiro atoms. The summed E-state index contributed by atoms with van der Waals surface area (Å²) in [6.07, 6.45) is 1.02. The van der Waals surface area contributed by atoms with E-state index in [1.165, 1.54) is 0 Å². The fourth-order valence-electron chi connectivity index (χ4n) is 2.27. The van der Waals surface area contributed by atoms with Gasteiger partial charge in [0.05, 0.1) is 16.6 Å². The Labute approximate surface area is 113 Å². The first-order valence-corrected chi connectivity index (χ1v) is 6.73. The van der Waals surface area contributed by atoms with Crippen molar-refractivity contribution in [1.29, 1.82) is 0 Å². The molecule has 1 heterocycles. The summed E-state index contributed by atoms with van der Waals surface area (Å²) in [5.41, 5.74) is 8.94. The average molecular weight is 267 g/mol. The molecule has 0 aliphatic carbocycles. The molecule has 1 aliphatic rings. The van der Waals surface area contributed by atoms with Crippen LogP contribution in [0.5, 0.6) is 0 Å². The number of nitrogens with two attached hydrogens (primary N) is 1. The Morgan fingerprint density at radius 2 is 2.17 bits per heavy atom. The molecule has 4 heteroatoms. The summed E-state index contributed by atoms with van der Waals surface area (Å²) in [5.74, 6) is 0.238. The predicted octanol–water partition coefficient (Wildman–Crippen LogP) is 3.44. The van der Waals surface area contributed by atoms with Crippen LogP contribution in [-0.2, 0) is 4.79 Å². The highest BCUT2D eigenvalue weighted by Crippen LogP contribution is 2.40. The zero-order valence-corrected chi connectivity index (χ0v) is 11.7. The lowest BCUT2D eigenvalue weighted by Crippen LogP contribution is -2.18. The molecule has 0 saturated carbocycles. The third kappa shape index (κ3) is 2.13. The molecular formula is C14H19ClN2O. The van der Waals surface area contributed by atoms with Gasteiger partial charge in [0.25, 0.3) is 0 Å². The molecule has 3 atom stereocenters. The summed E-state index contributed by atoms with van der Waals surface area (Å²) in [7, 11) is 0. The molecule has 1 aromatic carbocycles. The first-order chi connectivity index (χ1) is 8.45. The van der Waals surface area contributed by atoms with Crippen LogP contribution < -0.4 is 11.1 Å². The molecule has 0 aromatic heterocycles. The fraction of sp³-hybridized carbons (Fsp3) is 0.500. The topological polar surface area (TPSA) is 55.1 Å². The van der Waals surface area contributed by atoms with E-state index in [1.807, 2.05) is 19.1 Å². The molecule has 0 fully saturated rings. The lowest BCUT2D eigenvalue weighted by molar-refractivity contribution is -0.116. The maximum absolute atomic E-state index is 11.7. The number of carbonyl (C=O) groups is 1. The van der Waals surface area contributed by atoms with E-state index >= 15 is 0 Å². The summed E-state index contributed by atoms with van der Waals surface area (Å²) in [4.78, 5) is 11.7. The quantitative estimate of drug-likeness (QED) is 0.881. The average Bonchev–Trinajstić information content (AvgIpc) is 2.65. The zero-order valence-electron chi connectivity index (χ0n) is 11.0. The molecule has 3 nitrogen and oxygen atoms in total. The van der Waals surface area contributed by atoms with Gasteiger partial charge in [-0.25, -0.2) is 0 Å². The summed E-state index contributed by atoms with van der Waals surface area (Å²) < 4.78 is 0. The van der Waals surface area contributed by atoms with Gasteiger partial charge in [-0.2, -0.15) is 0 Å². The van der Waals surface area contributed by atoms with Crippen molar-refractivity contribution < 1.29 is 4.79 Å². The van der Waals surface area contributed by atoms with E-state index in [-0.39, 0.29) is 17.9 Å². The van der Waals surface area contributed by atoms with E-state index in [9.17, 15) is 4.79 Å². The fourth-order valence-corrected chi connectivity index (χ4v) is 2.55. The van der Waals surface area contributed by atoms with Crippen LogP contribution in [0.3, 0.4) is 0 Å². The maximum Gasteiger partial charge on any atom is 0.231 e. The van der Waals surface area contributed by atoms with E-state index in [2.05, 4.69) is 19.2 Å². The van der Waals surface area contributed by atoms with Gasteiger partial charge in [-0.05, 0) is 30.0 Å². The van der Waals surface area contributed by atoms with Crippen molar-refractivity contribution in [3.8, 4) is 0 Å². The number of hydrogen-bond donors (Lipinski definition) is 2. The minimum atomic E-state index is -0.151. The van der Waals surface area contributed by atoms with Gasteiger partial charge in [-0.15, -0.1) is 0 Å². The number of carbonyl (C=O) groups excluding carboxylic acids is 1. The highest BCUT2D eigenvalue weighted by Gasteiger charge is 2.29. The van der Waals surface area contributed by atoms with Crippen LogP contribution in [0, 0.1) is 5.92 Å². The second kappa shape index (κ2) is 4.90. The van der Waals surface area contributed by atoms with Gasteiger partial charge in [0, 0.05) is 6.04 Å². The Kier molecular flexibility index (Phi) is 3.64. The molecule has 3 unspecified atom stereocenters. The number of nitrogens with one attached hydrogen (secondary N) is 1. The molecule has 98 valence electrons. The standard InChI is InChI=1S/C14H19ClN2O/c1-4-7(2)12(16)9-5-10-8(3)14(18)17-13(10)11(15)6-9/h5-8,12H,4,16H2,1-3H3,(H,17,18). The molecule has 0 saturated heterocycles. The lowest BCUT2D eigenvalue weighted by atomic mass is 9.90. The lowest BCUT2D eigenvalue weighted by Gasteiger charge is -2.20. The van der Waals surface area contributed by atoms with Crippen molar-refractivity contribution in [3.05, 3.63) is 28.3 Å². The number of fused-ring (bicyclic) bond motifs is 1. The van der Waals surface area contributed by atoms with Gasteiger partial charge in [-0.1, -0.05) is 37.9 Å². The largest absolute Gasteiger partial charge is 0.324 e. The molecule has 0 bridgehead atoms. The van der Waals surface area contributed by atoms with Gasteiger partial charge >= 0.3 is 0 Å². The Hall–Kier alpha value is -1.06. The van der Waals surface area contributed by atoms with Gasteiger partial charge in [-0.3, -0.25) is 4.79 Å². The summed E-state index contributed by atoms with van der Waals surface area (Å²) in [6.45, 7) is 6.13. The van der Waals surface area contributed by atoms with Gasteiger partial charge in [0.1, 0.15) is 0 Å². The Morgan fingerprint density at radius 3 is 2.78 bits per heavy atom. The Morgan fingerprint density at radius 1 is 1.50 bits per heavy atom. The minimum Gasteiger partial charge on any atom is -0.324 e. The molecule has 1 aromatic rings. The number of amides is 1. The maximum atomic E-state index is 11.7. The molecule has 0 radical (unpaired) electrons. The van der Waals surface area contributed by atoms with E-state index in [4.69, 9.17) is 17.3 Å². The highest BCUT2D eigenvalue weighted by atomic mass is 35.5. The Bertz CT molecular complexity index is 487.